The second-order valence-corrected chi connectivity index (χ2v) is 14.5. The molecule has 2 aromatic heterocycles. The van der Waals surface area contributed by atoms with Gasteiger partial charge in [-0.15, -0.1) is 16.9 Å². The molecule has 1 atom stereocenters. The van der Waals surface area contributed by atoms with Gasteiger partial charge in [0.1, 0.15) is 12.1 Å². The first-order valence-corrected chi connectivity index (χ1v) is 16.3. The summed E-state index contributed by atoms with van der Waals surface area (Å²) in [6, 6.07) is 9.50. The maximum Gasteiger partial charge on any atom is 0.103 e. The maximum atomic E-state index is 10.2. The molecule has 1 saturated heterocycles. The number of nitrogens with one attached hydrogen (secondary N) is 3. The Labute approximate surface area is 262 Å². The first-order chi connectivity index (χ1) is 21.2. The number of pyridine rings is 1. The molecule has 1 aliphatic carbocycles. The highest BCUT2D eigenvalue weighted by atomic mass is 32.1. The van der Waals surface area contributed by atoms with Crippen molar-refractivity contribution in [2.45, 2.75) is 64.7 Å². The van der Waals surface area contributed by atoms with Crippen LogP contribution in [0.15, 0.2) is 35.6 Å². The molecule has 0 unspecified atom stereocenters. The van der Waals surface area contributed by atoms with E-state index in [-0.39, 0.29) is 11.5 Å². The number of rotatable bonds is 8. The van der Waals surface area contributed by atoms with Crippen LogP contribution in [0.4, 0.5) is 11.4 Å². The summed E-state index contributed by atoms with van der Waals surface area (Å²) in [5.74, 6) is 0. The molecule has 0 bridgehead atoms. The molecule has 1 aromatic carbocycles. The number of anilines is 2. The lowest BCUT2D eigenvalue weighted by molar-refractivity contribution is -0.0691. The molecular formula is C33H39N9OS. The average molecular weight is 610 g/mol. The lowest BCUT2D eigenvalue weighted by atomic mass is 9.95. The first-order valence-electron chi connectivity index (χ1n) is 15.4. The highest BCUT2D eigenvalue weighted by Gasteiger charge is 2.37. The Balaban J connectivity index is 1.30. The molecule has 2 fully saturated rings. The van der Waals surface area contributed by atoms with Crippen LogP contribution in [-0.2, 0) is 17.7 Å². The highest BCUT2D eigenvalue weighted by molar-refractivity contribution is 7.10. The number of nitrogens with zero attached hydrogens (tertiary/aromatic N) is 6. The molecule has 3 aliphatic heterocycles. The molecule has 0 spiro atoms. The van der Waals surface area contributed by atoms with Gasteiger partial charge in [0.05, 0.1) is 53.3 Å². The molecule has 0 amide bonds. The van der Waals surface area contributed by atoms with Crippen molar-refractivity contribution in [3.63, 3.8) is 0 Å². The Bertz CT molecular complexity index is 1700. The van der Waals surface area contributed by atoms with E-state index < -0.39 is 0 Å². The van der Waals surface area contributed by atoms with E-state index in [1.54, 1.807) is 6.20 Å². The normalized spacial score (nSPS) is 19.6. The zero-order chi connectivity index (χ0) is 30.6. The quantitative estimate of drug-likeness (QED) is 0.319. The first kappa shape index (κ1) is 28.9. The fourth-order valence-corrected chi connectivity index (χ4v) is 7.39. The largest absolute Gasteiger partial charge is 0.383 e. The fourth-order valence-electron chi connectivity index (χ4n) is 6.24. The number of hydrogen-bond acceptors (Lipinski definition) is 11. The molecule has 44 heavy (non-hydrogen) atoms. The minimum absolute atomic E-state index is 0.000573. The molecule has 5 heterocycles. The minimum Gasteiger partial charge on any atom is -0.383 e. The Morgan fingerprint density at radius 1 is 1.16 bits per heavy atom. The summed E-state index contributed by atoms with van der Waals surface area (Å²) < 4.78 is 5.48. The van der Waals surface area contributed by atoms with Crippen molar-refractivity contribution in [1.29, 1.82) is 10.5 Å². The number of likely N-dealkylation sites (N-methyl/N-ethyl adjacent to an activating group) is 1. The van der Waals surface area contributed by atoms with E-state index in [1.165, 1.54) is 28.8 Å². The van der Waals surface area contributed by atoms with E-state index >= 15 is 0 Å². The lowest BCUT2D eigenvalue weighted by Crippen LogP contribution is -2.50. The third-order valence-electron chi connectivity index (χ3n) is 8.94. The fraction of sp³-hybridized carbons (Fsp3) is 0.485. The van der Waals surface area contributed by atoms with Gasteiger partial charge in [0, 0.05) is 61.1 Å². The summed E-state index contributed by atoms with van der Waals surface area (Å²) >= 11 is 1.84. The predicted octanol–water partition coefficient (Wildman–Crippen LogP) is 5.08. The number of aromatic nitrogens is 1. The van der Waals surface area contributed by atoms with Crippen LogP contribution in [-0.4, -0.2) is 65.3 Å². The van der Waals surface area contributed by atoms with Gasteiger partial charge >= 0.3 is 0 Å². The lowest BCUT2D eigenvalue weighted by Gasteiger charge is -2.39. The van der Waals surface area contributed by atoms with Crippen molar-refractivity contribution in [3.8, 4) is 12.1 Å². The summed E-state index contributed by atoms with van der Waals surface area (Å²) in [4.78, 5) is 8.53. The third kappa shape index (κ3) is 5.46. The van der Waals surface area contributed by atoms with Crippen molar-refractivity contribution < 1.29 is 4.74 Å². The van der Waals surface area contributed by atoms with Gasteiger partial charge in [0.25, 0.3) is 0 Å². The van der Waals surface area contributed by atoms with E-state index in [0.717, 1.165) is 55.2 Å². The molecule has 3 N–H and O–H groups in total. The van der Waals surface area contributed by atoms with Crippen LogP contribution in [0.25, 0.3) is 10.9 Å². The van der Waals surface area contributed by atoms with Crippen molar-refractivity contribution in [2.24, 2.45) is 5.41 Å². The van der Waals surface area contributed by atoms with Crippen LogP contribution in [0.3, 0.4) is 0 Å². The van der Waals surface area contributed by atoms with Crippen LogP contribution in [0.2, 0.25) is 0 Å². The molecule has 7 rings (SSSR count). The maximum absolute atomic E-state index is 10.2. The second-order valence-electron chi connectivity index (χ2n) is 13.5. The summed E-state index contributed by atoms with van der Waals surface area (Å²) in [7, 11) is 2.07. The monoisotopic (exact) mass is 609 g/mol. The van der Waals surface area contributed by atoms with E-state index in [9.17, 15) is 10.5 Å². The van der Waals surface area contributed by atoms with E-state index in [0.29, 0.717) is 35.3 Å². The molecule has 4 aliphatic rings. The number of hydrogen-bond donors (Lipinski definition) is 3. The van der Waals surface area contributed by atoms with Gasteiger partial charge in [-0.2, -0.15) is 10.5 Å². The van der Waals surface area contributed by atoms with Crippen LogP contribution < -0.4 is 16.2 Å². The zero-order valence-corrected chi connectivity index (χ0v) is 26.6. The Hall–Kier alpha value is -3.87. The number of fused-ring (bicyclic) bond motifs is 2. The van der Waals surface area contributed by atoms with E-state index in [1.807, 2.05) is 23.5 Å². The standard InChI is InChI=1S/C33H39N9OS/c1-33(2,3)19-37-31-21(12-35)13-36-30-20(11-34)9-22(10-26(30)31)38-32(28-14-42(23-5-6-23)39-40(28)4)27-18-44-29-15-41(8-7-25(27)29)24-16-43-17-24/h9-10,13-14,18,23-24,32,38-39H,5-8,15-17,19H2,1-4H3,(H,36,37)/t32-/m0/s1. The van der Waals surface area contributed by atoms with Gasteiger partial charge < -0.3 is 15.4 Å². The van der Waals surface area contributed by atoms with E-state index in [4.69, 9.17) is 4.74 Å². The van der Waals surface area contributed by atoms with Gasteiger partial charge in [-0.3, -0.25) is 19.9 Å². The van der Waals surface area contributed by atoms with Gasteiger partial charge in [-0.25, -0.2) is 0 Å². The number of ether oxygens (including phenoxy) is 1. The SMILES string of the molecule is CN1NN(C2CC2)C=C1[C@@H](Nc1cc(C#N)c2ncc(C#N)c(NCC(C)(C)C)c2c1)c1csc2c1CCN(C1COC1)C2. The van der Waals surface area contributed by atoms with Crippen LogP contribution >= 0.6 is 11.3 Å². The number of benzene rings is 1. The Morgan fingerprint density at radius 2 is 1.95 bits per heavy atom. The Morgan fingerprint density at radius 3 is 2.64 bits per heavy atom. The molecular weight excluding hydrogens is 570 g/mol. The van der Waals surface area contributed by atoms with Gasteiger partial charge in [0.15, 0.2) is 0 Å². The summed E-state index contributed by atoms with van der Waals surface area (Å²) in [6.07, 6.45) is 7.17. The molecule has 0 radical (unpaired) electrons. The van der Waals surface area contributed by atoms with Crippen LogP contribution in [0, 0.1) is 28.1 Å². The smallest absolute Gasteiger partial charge is 0.103 e. The van der Waals surface area contributed by atoms with Crippen LogP contribution in [0.5, 0.6) is 0 Å². The number of hydrazine groups is 2. The van der Waals surface area contributed by atoms with Crippen molar-refractivity contribution in [2.75, 3.05) is 44.0 Å². The minimum atomic E-state index is -0.142. The predicted molar refractivity (Wildman–Crippen MR) is 172 cm³/mol. The summed E-state index contributed by atoms with van der Waals surface area (Å²) in [5, 5.41) is 35.0. The zero-order valence-electron chi connectivity index (χ0n) is 25.8. The highest BCUT2D eigenvalue weighted by Crippen LogP contribution is 2.41. The second kappa shape index (κ2) is 11.2. The summed E-state index contributed by atoms with van der Waals surface area (Å²) in [5.41, 5.74) is 10.4. The summed E-state index contributed by atoms with van der Waals surface area (Å²) in [6.45, 7) is 10.8. The number of thiophene rings is 1. The molecule has 11 heteroatoms. The molecule has 10 nitrogen and oxygen atoms in total. The number of nitriles is 2. The third-order valence-corrected chi connectivity index (χ3v) is 9.97. The Kier molecular flexibility index (Phi) is 7.38. The molecule has 3 aromatic rings. The van der Waals surface area contributed by atoms with E-state index in [2.05, 4.69) is 87.6 Å². The van der Waals surface area contributed by atoms with Crippen molar-refractivity contribution >= 4 is 33.6 Å². The van der Waals surface area contributed by atoms with Gasteiger partial charge in [-0.05, 0) is 53.3 Å². The van der Waals surface area contributed by atoms with Gasteiger partial charge in [-0.1, -0.05) is 20.8 Å². The average Bonchev–Trinajstić information content (AvgIpc) is 3.63. The molecule has 228 valence electrons. The van der Waals surface area contributed by atoms with Gasteiger partial charge in [0.2, 0.25) is 0 Å². The topological polar surface area (TPSA) is 116 Å². The van der Waals surface area contributed by atoms with Crippen molar-refractivity contribution in [3.05, 3.63) is 62.7 Å². The van der Waals surface area contributed by atoms with Crippen LogP contribution in [0.1, 0.15) is 66.8 Å². The molecule has 1 saturated carbocycles. The van der Waals surface area contributed by atoms with Crippen molar-refractivity contribution in [1.82, 2.24) is 25.4 Å².